The number of carbonyl (C=O) groups excluding carboxylic acids is 3. The van der Waals surface area contributed by atoms with Crippen molar-refractivity contribution in [1.29, 1.82) is 0 Å². The van der Waals surface area contributed by atoms with Gasteiger partial charge in [0, 0.05) is 0 Å². The number of rotatable bonds is 8. The standard InChI is InChI=1S/C23H23NO6/c1-3-13-29-18-11-7-15(8-12-18)19-20(25)22(27)24(21(19)26)17-9-5-16(6-10-17)23(28)30-14-4-2/h5-12,25H,3-4,13-14H2,1-2H3. The van der Waals surface area contributed by atoms with E-state index in [-0.39, 0.29) is 11.3 Å². The first kappa shape index (κ1) is 21.1. The second kappa shape index (κ2) is 9.26. The molecule has 0 saturated carbocycles. The summed E-state index contributed by atoms with van der Waals surface area (Å²) in [6.45, 7) is 4.77. The van der Waals surface area contributed by atoms with E-state index in [1.165, 1.54) is 24.3 Å². The van der Waals surface area contributed by atoms with Crippen molar-refractivity contribution in [3.8, 4) is 5.75 Å². The van der Waals surface area contributed by atoms with Crippen molar-refractivity contribution in [3.05, 3.63) is 65.4 Å². The number of esters is 1. The molecule has 0 spiro atoms. The van der Waals surface area contributed by atoms with Gasteiger partial charge in [-0.2, -0.15) is 0 Å². The van der Waals surface area contributed by atoms with Crippen molar-refractivity contribution in [2.45, 2.75) is 26.7 Å². The smallest absolute Gasteiger partial charge is 0.338 e. The molecule has 0 radical (unpaired) electrons. The van der Waals surface area contributed by atoms with Crippen LogP contribution in [0.2, 0.25) is 0 Å². The number of hydrogen-bond acceptors (Lipinski definition) is 6. The Morgan fingerprint density at radius 3 is 2.13 bits per heavy atom. The normalized spacial score (nSPS) is 13.7. The number of benzene rings is 2. The summed E-state index contributed by atoms with van der Waals surface area (Å²) in [6, 6.07) is 12.5. The zero-order chi connectivity index (χ0) is 21.7. The molecule has 0 aromatic heterocycles. The van der Waals surface area contributed by atoms with E-state index in [0.29, 0.717) is 36.5 Å². The summed E-state index contributed by atoms with van der Waals surface area (Å²) in [5, 5.41) is 10.3. The monoisotopic (exact) mass is 409 g/mol. The highest BCUT2D eigenvalue weighted by Gasteiger charge is 2.40. The zero-order valence-electron chi connectivity index (χ0n) is 16.9. The maximum absolute atomic E-state index is 12.9. The van der Waals surface area contributed by atoms with Gasteiger partial charge in [0.1, 0.15) is 5.75 Å². The molecule has 7 nitrogen and oxygen atoms in total. The molecule has 0 aliphatic carbocycles. The first-order valence-corrected chi connectivity index (χ1v) is 9.80. The molecule has 1 aliphatic heterocycles. The topological polar surface area (TPSA) is 93.1 Å². The van der Waals surface area contributed by atoms with E-state index in [0.717, 1.165) is 11.3 Å². The Kier molecular flexibility index (Phi) is 6.51. The Hall–Kier alpha value is -3.61. The van der Waals surface area contributed by atoms with Gasteiger partial charge in [0.25, 0.3) is 5.91 Å². The summed E-state index contributed by atoms with van der Waals surface area (Å²) in [5.74, 6) is -1.91. The third-order valence-corrected chi connectivity index (χ3v) is 4.47. The van der Waals surface area contributed by atoms with Crippen molar-refractivity contribution in [2.24, 2.45) is 0 Å². The van der Waals surface area contributed by atoms with E-state index in [4.69, 9.17) is 9.47 Å². The van der Waals surface area contributed by atoms with Crippen LogP contribution in [0.1, 0.15) is 42.6 Å². The predicted molar refractivity (Wildman–Crippen MR) is 111 cm³/mol. The Bertz CT molecular complexity index is 976. The second-order valence-corrected chi connectivity index (χ2v) is 6.72. The lowest BCUT2D eigenvalue weighted by Gasteiger charge is -2.15. The predicted octanol–water partition coefficient (Wildman–Crippen LogP) is 3.88. The molecule has 30 heavy (non-hydrogen) atoms. The maximum atomic E-state index is 12.9. The van der Waals surface area contributed by atoms with Gasteiger partial charge in [-0.25, -0.2) is 9.69 Å². The van der Waals surface area contributed by atoms with Gasteiger partial charge in [-0.3, -0.25) is 9.59 Å². The number of aliphatic hydroxyl groups is 1. The van der Waals surface area contributed by atoms with Gasteiger partial charge in [-0.1, -0.05) is 26.0 Å². The molecule has 1 N–H and O–H groups in total. The number of imide groups is 1. The molecule has 2 amide bonds. The SMILES string of the molecule is CCCOC(=O)c1ccc(N2C(=O)C(O)=C(c3ccc(OCCC)cc3)C2=O)cc1. The fourth-order valence-electron chi connectivity index (χ4n) is 2.98. The molecule has 0 saturated heterocycles. The highest BCUT2D eigenvalue weighted by atomic mass is 16.5. The van der Waals surface area contributed by atoms with Crippen LogP contribution in [0.15, 0.2) is 54.3 Å². The van der Waals surface area contributed by atoms with Crippen LogP contribution in [-0.2, 0) is 14.3 Å². The third-order valence-electron chi connectivity index (χ3n) is 4.47. The average molecular weight is 409 g/mol. The van der Waals surface area contributed by atoms with Crippen molar-refractivity contribution in [1.82, 2.24) is 0 Å². The number of amides is 2. The van der Waals surface area contributed by atoms with Gasteiger partial charge in [0.2, 0.25) is 0 Å². The third kappa shape index (κ3) is 4.20. The Labute approximate surface area is 174 Å². The van der Waals surface area contributed by atoms with Crippen LogP contribution in [0.25, 0.3) is 5.57 Å². The number of carbonyl (C=O) groups is 3. The van der Waals surface area contributed by atoms with E-state index >= 15 is 0 Å². The Balaban J connectivity index is 1.80. The van der Waals surface area contributed by atoms with Crippen LogP contribution in [0, 0.1) is 0 Å². The minimum atomic E-state index is -0.817. The van der Waals surface area contributed by atoms with Crippen molar-refractivity contribution >= 4 is 29.0 Å². The summed E-state index contributed by atoms with van der Waals surface area (Å²) in [7, 11) is 0. The molecule has 3 rings (SSSR count). The first-order chi connectivity index (χ1) is 14.5. The second-order valence-electron chi connectivity index (χ2n) is 6.72. The van der Waals surface area contributed by atoms with Gasteiger partial charge in [-0.05, 0) is 54.8 Å². The van der Waals surface area contributed by atoms with Crippen LogP contribution < -0.4 is 9.64 Å². The van der Waals surface area contributed by atoms with Gasteiger partial charge in [-0.15, -0.1) is 0 Å². The number of hydrogen-bond donors (Lipinski definition) is 1. The quantitative estimate of drug-likeness (QED) is 0.525. The molecular formula is C23H23NO6. The number of ether oxygens (including phenoxy) is 2. The molecule has 1 heterocycles. The Morgan fingerprint density at radius 1 is 0.900 bits per heavy atom. The van der Waals surface area contributed by atoms with Gasteiger partial charge >= 0.3 is 11.9 Å². The molecule has 0 unspecified atom stereocenters. The first-order valence-electron chi connectivity index (χ1n) is 9.80. The molecule has 1 aliphatic rings. The van der Waals surface area contributed by atoms with E-state index in [1.54, 1.807) is 24.3 Å². The van der Waals surface area contributed by atoms with Crippen LogP contribution in [0.3, 0.4) is 0 Å². The summed E-state index contributed by atoms with van der Waals surface area (Å²) in [4.78, 5) is 38.3. The van der Waals surface area contributed by atoms with Crippen molar-refractivity contribution in [2.75, 3.05) is 18.1 Å². The molecule has 2 aromatic rings. The van der Waals surface area contributed by atoms with Crippen LogP contribution >= 0.6 is 0 Å². The highest BCUT2D eigenvalue weighted by Crippen LogP contribution is 2.32. The lowest BCUT2D eigenvalue weighted by atomic mass is 10.1. The molecule has 7 heteroatoms. The molecule has 0 atom stereocenters. The van der Waals surface area contributed by atoms with E-state index in [9.17, 15) is 19.5 Å². The van der Waals surface area contributed by atoms with Crippen LogP contribution in [-0.4, -0.2) is 36.1 Å². The molecule has 0 bridgehead atoms. The maximum Gasteiger partial charge on any atom is 0.338 e. The lowest BCUT2D eigenvalue weighted by molar-refractivity contribution is -0.121. The fourth-order valence-corrected chi connectivity index (χ4v) is 2.98. The average Bonchev–Trinajstić information content (AvgIpc) is 2.99. The number of nitrogens with zero attached hydrogens (tertiary/aromatic N) is 1. The highest BCUT2D eigenvalue weighted by molar-refractivity contribution is 6.44. The van der Waals surface area contributed by atoms with Gasteiger partial charge in [0.05, 0.1) is 30.0 Å². The van der Waals surface area contributed by atoms with E-state index in [2.05, 4.69) is 0 Å². The molecule has 2 aromatic carbocycles. The van der Waals surface area contributed by atoms with Gasteiger partial charge in [0.15, 0.2) is 5.76 Å². The van der Waals surface area contributed by atoms with Crippen molar-refractivity contribution in [3.63, 3.8) is 0 Å². The minimum Gasteiger partial charge on any atom is -0.502 e. The number of aliphatic hydroxyl groups excluding tert-OH is 1. The minimum absolute atomic E-state index is 0.0755. The van der Waals surface area contributed by atoms with Crippen molar-refractivity contribution < 1.29 is 29.0 Å². The summed E-state index contributed by atoms with van der Waals surface area (Å²) < 4.78 is 10.6. The fraction of sp³-hybridized carbons (Fsp3) is 0.261. The Morgan fingerprint density at radius 2 is 1.53 bits per heavy atom. The van der Waals surface area contributed by atoms with E-state index in [1.807, 2.05) is 13.8 Å². The summed E-state index contributed by atoms with van der Waals surface area (Å²) >= 11 is 0. The van der Waals surface area contributed by atoms with Crippen LogP contribution in [0.4, 0.5) is 5.69 Å². The van der Waals surface area contributed by atoms with Gasteiger partial charge < -0.3 is 14.6 Å². The lowest BCUT2D eigenvalue weighted by Crippen LogP contribution is -2.31. The molecule has 156 valence electrons. The summed E-state index contributed by atoms with van der Waals surface area (Å²) in [5.41, 5.74) is 0.901. The van der Waals surface area contributed by atoms with E-state index < -0.39 is 23.5 Å². The molecular weight excluding hydrogens is 386 g/mol. The largest absolute Gasteiger partial charge is 0.502 e. The van der Waals surface area contributed by atoms with Crippen LogP contribution in [0.5, 0.6) is 5.75 Å². The zero-order valence-corrected chi connectivity index (χ0v) is 16.9. The molecule has 0 fully saturated rings. The number of anilines is 1. The summed E-state index contributed by atoms with van der Waals surface area (Å²) in [6.07, 6.45) is 1.57.